The van der Waals surface area contributed by atoms with Gasteiger partial charge in [0.15, 0.2) is 0 Å². The van der Waals surface area contributed by atoms with Gasteiger partial charge in [0.05, 0.1) is 12.2 Å². The molecule has 0 radical (unpaired) electrons. The van der Waals surface area contributed by atoms with E-state index in [9.17, 15) is 4.79 Å². The molecule has 0 atom stereocenters. The summed E-state index contributed by atoms with van der Waals surface area (Å²) in [5.41, 5.74) is 2.56. The normalized spacial score (nSPS) is 10.2. The van der Waals surface area contributed by atoms with Crippen molar-refractivity contribution in [3.8, 4) is 0 Å². The molecule has 0 aliphatic rings. The molecule has 0 saturated heterocycles. The number of benzene rings is 2. The minimum atomic E-state index is -0.299. The first-order valence-electron chi connectivity index (χ1n) is 6.95. The van der Waals surface area contributed by atoms with Gasteiger partial charge >= 0.3 is 5.97 Å². The lowest BCUT2D eigenvalue weighted by Gasteiger charge is -2.11. The van der Waals surface area contributed by atoms with Crippen LogP contribution in [0.3, 0.4) is 0 Å². The van der Waals surface area contributed by atoms with E-state index in [4.69, 9.17) is 16.3 Å². The molecule has 0 aliphatic carbocycles. The summed E-state index contributed by atoms with van der Waals surface area (Å²) in [5.74, 6) is -0.299. The number of para-hydroxylation sites is 1. The van der Waals surface area contributed by atoms with Crippen LogP contribution in [-0.2, 0) is 11.2 Å². The molecule has 2 aromatic rings. The number of anilines is 1. The molecule has 0 amide bonds. The second-order valence-electron chi connectivity index (χ2n) is 4.57. The Hall–Kier alpha value is -2.00. The van der Waals surface area contributed by atoms with E-state index in [1.807, 2.05) is 42.5 Å². The van der Waals surface area contributed by atoms with Crippen LogP contribution >= 0.6 is 11.6 Å². The van der Waals surface area contributed by atoms with Crippen LogP contribution in [0.15, 0.2) is 48.5 Å². The van der Waals surface area contributed by atoms with Crippen molar-refractivity contribution in [1.29, 1.82) is 0 Å². The quantitative estimate of drug-likeness (QED) is 0.814. The second kappa shape index (κ2) is 7.70. The predicted octanol–water partition coefficient (Wildman–Crippen LogP) is 4.17. The van der Waals surface area contributed by atoms with Gasteiger partial charge in [-0.2, -0.15) is 0 Å². The number of hydrogen-bond acceptors (Lipinski definition) is 3. The van der Waals surface area contributed by atoms with Gasteiger partial charge in [0, 0.05) is 17.3 Å². The van der Waals surface area contributed by atoms with E-state index in [-0.39, 0.29) is 5.97 Å². The van der Waals surface area contributed by atoms with Crippen LogP contribution < -0.4 is 5.32 Å². The summed E-state index contributed by atoms with van der Waals surface area (Å²) in [4.78, 5) is 11.9. The number of carbonyl (C=O) groups excluding carboxylic acids is 1. The fraction of sp³-hybridized carbons (Fsp3) is 0.235. The van der Waals surface area contributed by atoms with E-state index >= 15 is 0 Å². The van der Waals surface area contributed by atoms with Crippen LogP contribution in [0.25, 0.3) is 0 Å². The van der Waals surface area contributed by atoms with Crippen molar-refractivity contribution in [2.75, 3.05) is 18.5 Å². The Morgan fingerprint density at radius 1 is 1.14 bits per heavy atom. The summed E-state index contributed by atoms with van der Waals surface area (Å²) < 4.78 is 5.05. The zero-order valence-corrected chi connectivity index (χ0v) is 12.7. The topological polar surface area (TPSA) is 38.3 Å². The molecule has 3 nitrogen and oxygen atoms in total. The molecule has 2 aromatic carbocycles. The minimum absolute atomic E-state index is 0.299. The first-order valence-corrected chi connectivity index (χ1v) is 7.33. The van der Waals surface area contributed by atoms with Crippen LogP contribution in [0, 0.1) is 0 Å². The van der Waals surface area contributed by atoms with E-state index in [1.165, 1.54) is 5.56 Å². The number of esters is 1. The maximum absolute atomic E-state index is 11.9. The van der Waals surface area contributed by atoms with Crippen LogP contribution in [0.5, 0.6) is 0 Å². The lowest BCUT2D eigenvalue weighted by molar-refractivity contribution is 0.0527. The molecule has 1 N–H and O–H groups in total. The highest BCUT2D eigenvalue weighted by Gasteiger charge is 2.11. The smallest absolute Gasteiger partial charge is 0.340 e. The molecule has 0 saturated carbocycles. The maximum atomic E-state index is 11.9. The van der Waals surface area contributed by atoms with E-state index < -0.39 is 0 Å². The van der Waals surface area contributed by atoms with E-state index in [2.05, 4.69) is 5.32 Å². The highest BCUT2D eigenvalue weighted by atomic mass is 35.5. The number of nitrogens with one attached hydrogen (secondary N) is 1. The Labute approximate surface area is 129 Å². The Kier molecular flexibility index (Phi) is 5.64. The van der Waals surface area contributed by atoms with Crippen LogP contribution in [-0.4, -0.2) is 19.1 Å². The first-order chi connectivity index (χ1) is 10.2. The summed E-state index contributed by atoms with van der Waals surface area (Å²) >= 11 is 5.86. The Balaban J connectivity index is 1.96. The van der Waals surface area contributed by atoms with Crippen molar-refractivity contribution >= 4 is 23.3 Å². The van der Waals surface area contributed by atoms with Gasteiger partial charge in [0.25, 0.3) is 0 Å². The third-order valence-electron chi connectivity index (χ3n) is 3.06. The molecule has 0 fully saturated rings. The van der Waals surface area contributed by atoms with Gasteiger partial charge in [-0.15, -0.1) is 0 Å². The lowest BCUT2D eigenvalue weighted by Crippen LogP contribution is -2.11. The fourth-order valence-electron chi connectivity index (χ4n) is 2.02. The monoisotopic (exact) mass is 303 g/mol. The zero-order chi connectivity index (χ0) is 15.1. The maximum Gasteiger partial charge on any atom is 0.340 e. The fourth-order valence-corrected chi connectivity index (χ4v) is 2.14. The summed E-state index contributed by atoms with van der Waals surface area (Å²) in [6, 6.07) is 15.1. The standard InChI is InChI=1S/C17H18ClNO2/c1-2-21-17(20)15-5-3-4-6-16(15)19-12-11-13-7-9-14(18)10-8-13/h3-10,19H,2,11-12H2,1H3. The van der Waals surface area contributed by atoms with Crippen molar-refractivity contribution in [1.82, 2.24) is 0 Å². The van der Waals surface area contributed by atoms with Gasteiger partial charge in [-0.25, -0.2) is 4.79 Å². The lowest BCUT2D eigenvalue weighted by atomic mass is 10.1. The molecule has 21 heavy (non-hydrogen) atoms. The third kappa shape index (κ3) is 4.50. The molecule has 0 heterocycles. The number of carbonyl (C=O) groups is 1. The van der Waals surface area contributed by atoms with Gasteiger partial charge in [-0.3, -0.25) is 0 Å². The summed E-state index contributed by atoms with van der Waals surface area (Å²) in [7, 11) is 0. The van der Waals surface area contributed by atoms with Gasteiger partial charge in [0.1, 0.15) is 0 Å². The van der Waals surface area contributed by atoms with Crippen LogP contribution in [0.4, 0.5) is 5.69 Å². The minimum Gasteiger partial charge on any atom is -0.462 e. The van der Waals surface area contributed by atoms with Crippen molar-refractivity contribution in [3.63, 3.8) is 0 Å². The van der Waals surface area contributed by atoms with Crippen LogP contribution in [0.2, 0.25) is 5.02 Å². The Bertz CT molecular complexity index is 596. The Morgan fingerprint density at radius 2 is 1.86 bits per heavy atom. The summed E-state index contributed by atoms with van der Waals surface area (Å²) in [5, 5.41) is 4.02. The number of rotatable bonds is 6. The molecule has 2 rings (SSSR count). The van der Waals surface area contributed by atoms with Crippen molar-refractivity contribution in [2.45, 2.75) is 13.3 Å². The van der Waals surface area contributed by atoms with E-state index in [0.717, 1.165) is 23.7 Å². The Morgan fingerprint density at radius 3 is 2.57 bits per heavy atom. The number of hydrogen-bond donors (Lipinski definition) is 1. The highest BCUT2D eigenvalue weighted by Crippen LogP contribution is 2.16. The molecule has 0 aliphatic heterocycles. The number of ether oxygens (including phenoxy) is 1. The average Bonchev–Trinajstić information content (AvgIpc) is 2.50. The van der Waals surface area contributed by atoms with E-state index in [0.29, 0.717) is 12.2 Å². The van der Waals surface area contributed by atoms with Gasteiger partial charge in [0.2, 0.25) is 0 Å². The summed E-state index contributed by atoms with van der Waals surface area (Å²) in [6.07, 6.45) is 0.855. The summed E-state index contributed by atoms with van der Waals surface area (Å²) in [6.45, 7) is 2.91. The molecule has 0 spiro atoms. The van der Waals surface area contributed by atoms with E-state index in [1.54, 1.807) is 13.0 Å². The van der Waals surface area contributed by atoms with Gasteiger partial charge in [-0.05, 0) is 43.2 Å². The second-order valence-corrected chi connectivity index (χ2v) is 5.01. The molecule has 0 unspecified atom stereocenters. The van der Waals surface area contributed by atoms with Crippen LogP contribution in [0.1, 0.15) is 22.8 Å². The largest absolute Gasteiger partial charge is 0.462 e. The van der Waals surface area contributed by atoms with Crippen molar-refractivity contribution < 1.29 is 9.53 Å². The molecule has 4 heteroatoms. The van der Waals surface area contributed by atoms with Crippen molar-refractivity contribution in [3.05, 3.63) is 64.7 Å². The first kappa shape index (κ1) is 15.4. The van der Waals surface area contributed by atoms with Gasteiger partial charge in [-0.1, -0.05) is 35.9 Å². The zero-order valence-electron chi connectivity index (χ0n) is 11.9. The third-order valence-corrected chi connectivity index (χ3v) is 3.32. The molecule has 0 aromatic heterocycles. The number of halogens is 1. The van der Waals surface area contributed by atoms with Gasteiger partial charge < -0.3 is 10.1 Å². The molecule has 110 valence electrons. The highest BCUT2D eigenvalue weighted by molar-refractivity contribution is 6.30. The molecular weight excluding hydrogens is 286 g/mol. The van der Waals surface area contributed by atoms with Crippen molar-refractivity contribution in [2.24, 2.45) is 0 Å². The molecule has 0 bridgehead atoms. The SMILES string of the molecule is CCOC(=O)c1ccccc1NCCc1ccc(Cl)cc1. The predicted molar refractivity (Wildman–Crippen MR) is 86.0 cm³/mol. The average molecular weight is 304 g/mol. The molecular formula is C17H18ClNO2.